The zero-order valence-corrected chi connectivity index (χ0v) is 15.6. The molecule has 0 spiro atoms. The Kier molecular flexibility index (Phi) is 9.27. The summed E-state index contributed by atoms with van der Waals surface area (Å²) in [4.78, 5) is 34.5. The van der Waals surface area contributed by atoms with Crippen LogP contribution in [0.4, 0.5) is 0 Å². The van der Waals surface area contributed by atoms with Crippen molar-refractivity contribution >= 4 is 39.3 Å². The first kappa shape index (κ1) is 22.1. The lowest BCUT2D eigenvalue weighted by Gasteiger charge is -2.18. The van der Waals surface area contributed by atoms with Gasteiger partial charge in [-0.25, -0.2) is 0 Å². The molecule has 0 aliphatic rings. The molecule has 1 aromatic rings. The van der Waals surface area contributed by atoms with Crippen LogP contribution >= 0.6 is 21.6 Å². The normalized spacial score (nSPS) is 14.2. The van der Waals surface area contributed by atoms with Crippen LogP contribution in [0.3, 0.4) is 0 Å². The summed E-state index contributed by atoms with van der Waals surface area (Å²) in [7, 11) is 2.49. The highest BCUT2D eigenvalue weighted by Gasteiger charge is 2.22. The fourth-order valence-electron chi connectivity index (χ4n) is 1.77. The van der Waals surface area contributed by atoms with Gasteiger partial charge in [0.2, 0.25) is 17.7 Å². The highest BCUT2D eigenvalue weighted by atomic mass is 33.1. The van der Waals surface area contributed by atoms with Crippen LogP contribution in [-0.2, 0) is 20.8 Å². The van der Waals surface area contributed by atoms with E-state index in [1.54, 1.807) is 12.1 Å². The number of nitrogens with one attached hydrogen (secondary N) is 1. The molecule has 3 atom stereocenters. The molecule has 0 aliphatic heterocycles. The van der Waals surface area contributed by atoms with E-state index in [-0.39, 0.29) is 23.7 Å². The van der Waals surface area contributed by atoms with E-state index in [0.29, 0.717) is 0 Å². The van der Waals surface area contributed by atoms with Gasteiger partial charge in [-0.3, -0.25) is 14.4 Å². The monoisotopic (exact) mass is 401 g/mol. The molecule has 144 valence electrons. The van der Waals surface area contributed by atoms with Crippen molar-refractivity contribution in [3.63, 3.8) is 0 Å². The van der Waals surface area contributed by atoms with E-state index in [4.69, 9.17) is 22.9 Å². The topological polar surface area (TPSA) is 188 Å². The van der Waals surface area contributed by atoms with E-state index in [0.717, 1.165) is 5.56 Å². The van der Waals surface area contributed by atoms with Gasteiger partial charge in [-0.05, 0) is 24.1 Å². The Balaban J connectivity index is 2.47. The number of phenols is 1. The largest absolute Gasteiger partial charge is 0.508 e. The second-order valence-electron chi connectivity index (χ2n) is 5.52. The molecule has 11 heteroatoms. The summed E-state index contributed by atoms with van der Waals surface area (Å²) in [5.41, 5.74) is 22.5. The van der Waals surface area contributed by atoms with Gasteiger partial charge in [0.05, 0.1) is 12.1 Å². The van der Waals surface area contributed by atoms with Crippen LogP contribution in [0.2, 0.25) is 0 Å². The first-order chi connectivity index (χ1) is 12.2. The number of primary amides is 2. The molecule has 26 heavy (non-hydrogen) atoms. The number of benzene rings is 1. The molecule has 1 rings (SSSR count). The molecule has 0 saturated carbocycles. The highest BCUT2D eigenvalue weighted by molar-refractivity contribution is 8.76. The fourth-order valence-corrected chi connectivity index (χ4v) is 4.08. The second kappa shape index (κ2) is 10.9. The molecule has 1 aromatic carbocycles. The van der Waals surface area contributed by atoms with Crippen molar-refractivity contribution in [2.45, 2.75) is 24.5 Å². The van der Waals surface area contributed by atoms with Gasteiger partial charge in [0.1, 0.15) is 11.8 Å². The second-order valence-corrected chi connectivity index (χ2v) is 8.07. The number of aromatic hydroxyl groups is 1. The number of nitrogens with two attached hydrogens (primary N) is 4. The average molecular weight is 402 g/mol. The van der Waals surface area contributed by atoms with Crippen molar-refractivity contribution in [1.29, 1.82) is 0 Å². The van der Waals surface area contributed by atoms with Crippen molar-refractivity contribution in [3.8, 4) is 5.75 Å². The number of hydrogen-bond acceptors (Lipinski definition) is 8. The zero-order valence-electron chi connectivity index (χ0n) is 14.0. The molecule has 0 heterocycles. The lowest BCUT2D eigenvalue weighted by molar-refractivity contribution is -0.127. The molecular weight excluding hydrogens is 378 g/mol. The van der Waals surface area contributed by atoms with Gasteiger partial charge < -0.3 is 33.4 Å². The lowest BCUT2D eigenvalue weighted by Crippen LogP contribution is -2.52. The summed E-state index contributed by atoms with van der Waals surface area (Å²) in [6, 6.07) is 3.74. The van der Waals surface area contributed by atoms with E-state index in [1.807, 2.05) is 0 Å². The molecule has 10 N–H and O–H groups in total. The van der Waals surface area contributed by atoms with Gasteiger partial charge in [-0.1, -0.05) is 33.7 Å². The Hall–Kier alpha value is -1.95. The van der Waals surface area contributed by atoms with Crippen molar-refractivity contribution in [1.82, 2.24) is 5.32 Å². The van der Waals surface area contributed by atoms with Crippen LogP contribution in [0.5, 0.6) is 5.75 Å². The minimum Gasteiger partial charge on any atom is -0.508 e. The van der Waals surface area contributed by atoms with Crippen LogP contribution in [-0.4, -0.2) is 52.5 Å². The van der Waals surface area contributed by atoms with Crippen LogP contribution < -0.4 is 28.3 Å². The maximum atomic E-state index is 12.2. The Morgan fingerprint density at radius 1 is 0.962 bits per heavy atom. The van der Waals surface area contributed by atoms with Gasteiger partial charge in [-0.15, -0.1) is 0 Å². The molecule has 0 aliphatic carbocycles. The summed E-state index contributed by atoms with van der Waals surface area (Å²) in [5.74, 6) is -1.23. The molecule has 3 amide bonds. The Labute approximate surface area is 159 Å². The first-order valence-electron chi connectivity index (χ1n) is 7.63. The molecule has 9 nitrogen and oxygen atoms in total. The minimum absolute atomic E-state index is 0.117. The molecule has 0 radical (unpaired) electrons. The maximum absolute atomic E-state index is 12.2. The SMILES string of the molecule is NC(=O)C(N)CSSC[C@H](NC(=O)[C@@H](N)Cc1ccc(O)cc1)C(N)=O. The van der Waals surface area contributed by atoms with E-state index < -0.39 is 35.8 Å². The van der Waals surface area contributed by atoms with Crippen molar-refractivity contribution < 1.29 is 19.5 Å². The minimum atomic E-state index is -0.907. The summed E-state index contributed by atoms with van der Waals surface area (Å²) in [6.45, 7) is 0. The van der Waals surface area contributed by atoms with E-state index in [9.17, 15) is 19.5 Å². The smallest absolute Gasteiger partial charge is 0.240 e. The third kappa shape index (κ3) is 7.95. The standard InChI is InChI=1S/C15H23N5O4S2/c16-10(5-8-1-3-9(21)4-2-8)15(24)20-12(14(19)23)7-26-25-6-11(17)13(18)22/h1-4,10-12,21H,5-7,16-17H2,(H2,18,22)(H2,19,23)(H,20,24)/t10-,11?,12-/m0/s1. The average Bonchev–Trinajstić information content (AvgIpc) is 2.58. The van der Waals surface area contributed by atoms with E-state index in [1.165, 1.54) is 33.7 Å². The summed E-state index contributed by atoms with van der Waals surface area (Å²) < 4.78 is 0. The number of phenolic OH excluding ortho intramolecular Hbond substituents is 1. The van der Waals surface area contributed by atoms with Crippen LogP contribution in [0.1, 0.15) is 5.56 Å². The summed E-state index contributed by atoms with van der Waals surface area (Å²) in [5, 5.41) is 11.8. The maximum Gasteiger partial charge on any atom is 0.240 e. The number of hydrogen-bond donors (Lipinski definition) is 6. The molecule has 0 saturated heterocycles. The van der Waals surface area contributed by atoms with Crippen LogP contribution in [0.25, 0.3) is 0 Å². The Bertz CT molecular complexity index is 629. The third-order valence-electron chi connectivity index (χ3n) is 3.32. The van der Waals surface area contributed by atoms with Crippen molar-refractivity contribution in [2.24, 2.45) is 22.9 Å². The molecular formula is C15H23N5O4S2. The van der Waals surface area contributed by atoms with Crippen LogP contribution in [0.15, 0.2) is 24.3 Å². The quantitative estimate of drug-likeness (QED) is 0.189. The Morgan fingerprint density at radius 3 is 2.08 bits per heavy atom. The van der Waals surface area contributed by atoms with Crippen molar-refractivity contribution in [2.75, 3.05) is 11.5 Å². The predicted molar refractivity (Wildman–Crippen MR) is 103 cm³/mol. The van der Waals surface area contributed by atoms with Gasteiger partial charge in [0, 0.05) is 11.5 Å². The molecule has 0 aromatic heterocycles. The Morgan fingerprint density at radius 2 is 1.54 bits per heavy atom. The summed E-state index contributed by atoms with van der Waals surface area (Å²) >= 11 is 0. The van der Waals surface area contributed by atoms with Gasteiger partial charge in [0.15, 0.2) is 0 Å². The first-order valence-corrected chi connectivity index (χ1v) is 10.1. The number of carbonyl (C=O) groups is 3. The predicted octanol–water partition coefficient (Wildman–Crippen LogP) is -1.57. The van der Waals surface area contributed by atoms with Crippen LogP contribution in [0, 0.1) is 0 Å². The van der Waals surface area contributed by atoms with Gasteiger partial charge >= 0.3 is 0 Å². The van der Waals surface area contributed by atoms with Gasteiger partial charge in [0.25, 0.3) is 0 Å². The van der Waals surface area contributed by atoms with E-state index >= 15 is 0 Å². The van der Waals surface area contributed by atoms with Gasteiger partial charge in [-0.2, -0.15) is 0 Å². The number of amides is 3. The molecule has 0 fully saturated rings. The number of carbonyl (C=O) groups excluding carboxylic acids is 3. The zero-order chi connectivity index (χ0) is 19.7. The van der Waals surface area contributed by atoms with E-state index in [2.05, 4.69) is 5.32 Å². The fraction of sp³-hybridized carbons (Fsp3) is 0.400. The highest BCUT2D eigenvalue weighted by Crippen LogP contribution is 2.22. The molecule has 0 bridgehead atoms. The summed E-state index contributed by atoms with van der Waals surface area (Å²) in [6.07, 6.45) is 0.243. The lowest BCUT2D eigenvalue weighted by atomic mass is 10.1. The number of rotatable bonds is 11. The molecule has 1 unspecified atom stereocenters. The van der Waals surface area contributed by atoms with Crippen molar-refractivity contribution in [3.05, 3.63) is 29.8 Å². The third-order valence-corrected chi connectivity index (χ3v) is 5.77.